The first-order valence-corrected chi connectivity index (χ1v) is 7.17. The molecule has 0 saturated carbocycles. The molecule has 108 valence electrons. The fraction of sp³-hybridized carbons (Fsp3) is 0.222. The lowest BCUT2D eigenvalue weighted by Crippen LogP contribution is -2.24. The van der Waals surface area contributed by atoms with Gasteiger partial charge >= 0.3 is 0 Å². The van der Waals surface area contributed by atoms with E-state index >= 15 is 0 Å². The number of rotatable bonds is 7. The SMILES string of the molecule is O=Cc1cccc(C(=O)NCCCCc2ccccc2)c1. The summed E-state index contributed by atoms with van der Waals surface area (Å²) in [5.74, 6) is -0.126. The highest BCUT2D eigenvalue weighted by atomic mass is 16.1. The van der Waals surface area contributed by atoms with Gasteiger partial charge in [-0.1, -0.05) is 42.5 Å². The Balaban J connectivity index is 1.70. The van der Waals surface area contributed by atoms with Crippen molar-refractivity contribution in [3.8, 4) is 0 Å². The molecule has 0 saturated heterocycles. The molecule has 0 fully saturated rings. The highest BCUT2D eigenvalue weighted by Crippen LogP contribution is 2.05. The lowest BCUT2D eigenvalue weighted by atomic mass is 10.1. The highest BCUT2D eigenvalue weighted by molar-refractivity contribution is 5.95. The van der Waals surface area contributed by atoms with Gasteiger partial charge < -0.3 is 5.32 Å². The minimum absolute atomic E-state index is 0.126. The molecule has 0 aromatic heterocycles. The van der Waals surface area contributed by atoms with E-state index in [-0.39, 0.29) is 5.91 Å². The molecule has 3 heteroatoms. The summed E-state index contributed by atoms with van der Waals surface area (Å²) < 4.78 is 0. The molecule has 3 nitrogen and oxygen atoms in total. The van der Waals surface area contributed by atoms with Gasteiger partial charge in [-0.05, 0) is 37.0 Å². The molecule has 2 rings (SSSR count). The quantitative estimate of drug-likeness (QED) is 0.625. The van der Waals surface area contributed by atoms with Gasteiger partial charge in [0, 0.05) is 17.7 Å². The van der Waals surface area contributed by atoms with Crippen LogP contribution in [0.4, 0.5) is 0 Å². The van der Waals surface area contributed by atoms with E-state index in [9.17, 15) is 9.59 Å². The molecule has 0 aliphatic carbocycles. The van der Waals surface area contributed by atoms with Gasteiger partial charge in [-0.15, -0.1) is 0 Å². The third-order valence-electron chi connectivity index (χ3n) is 3.31. The van der Waals surface area contributed by atoms with Gasteiger partial charge in [0.2, 0.25) is 0 Å². The maximum atomic E-state index is 11.9. The molecule has 0 spiro atoms. The first-order chi connectivity index (χ1) is 10.3. The van der Waals surface area contributed by atoms with Crippen LogP contribution in [0.25, 0.3) is 0 Å². The third-order valence-corrected chi connectivity index (χ3v) is 3.31. The van der Waals surface area contributed by atoms with Crippen molar-refractivity contribution in [1.82, 2.24) is 5.32 Å². The van der Waals surface area contributed by atoms with Crippen LogP contribution in [-0.2, 0) is 6.42 Å². The second kappa shape index (κ2) is 8.00. The number of aldehydes is 1. The molecule has 0 bridgehead atoms. The van der Waals surface area contributed by atoms with Crippen LogP contribution in [0.5, 0.6) is 0 Å². The number of carbonyl (C=O) groups is 2. The Morgan fingerprint density at radius 2 is 1.81 bits per heavy atom. The number of amides is 1. The Labute approximate surface area is 125 Å². The number of hydrogen-bond donors (Lipinski definition) is 1. The fourth-order valence-corrected chi connectivity index (χ4v) is 2.16. The van der Waals surface area contributed by atoms with E-state index in [1.54, 1.807) is 24.3 Å². The lowest BCUT2D eigenvalue weighted by molar-refractivity contribution is 0.0953. The molecule has 0 atom stereocenters. The summed E-state index contributed by atoms with van der Waals surface area (Å²) in [6.07, 6.45) is 3.75. The Bertz CT molecular complexity index is 593. The summed E-state index contributed by atoms with van der Waals surface area (Å²) in [4.78, 5) is 22.6. The van der Waals surface area contributed by atoms with Crippen molar-refractivity contribution in [3.05, 3.63) is 71.3 Å². The summed E-state index contributed by atoms with van der Waals surface area (Å²) in [6, 6.07) is 17.0. The van der Waals surface area contributed by atoms with Crippen molar-refractivity contribution >= 4 is 12.2 Å². The largest absolute Gasteiger partial charge is 0.352 e. The molecule has 0 unspecified atom stereocenters. The predicted molar refractivity (Wildman–Crippen MR) is 83.5 cm³/mol. The van der Waals surface area contributed by atoms with Crippen molar-refractivity contribution in [2.45, 2.75) is 19.3 Å². The van der Waals surface area contributed by atoms with Crippen LogP contribution >= 0.6 is 0 Å². The van der Waals surface area contributed by atoms with Gasteiger partial charge in [-0.25, -0.2) is 0 Å². The Morgan fingerprint density at radius 1 is 1.00 bits per heavy atom. The topological polar surface area (TPSA) is 46.2 Å². The molecule has 0 aliphatic heterocycles. The van der Waals surface area contributed by atoms with Crippen molar-refractivity contribution in [3.63, 3.8) is 0 Å². The number of unbranched alkanes of at least 4 members (excludes halogenated alkanes) is 1. The molecule has 0 aliphatic rings. The molecule has 1 N–H and O–H groups in total. The molecule has 2 aromatic rings. The van der Waals surface area contributed by atoms with Gasteiger partial charge in [0.25, 0.3) is 5.91 Å². The summed E-state index contributed by atoms with van der Waals surface area (Å²) in [7, 11) is 0. The summed E-state index contributed by atoms with van der Waals surface area (Å²) in [5, 5.41) is 2.88. The summed E-state index contributed by atoms with van der Waals surface area (Å²) in [5.41, 5.74) is 2.37. The average Bonchev–Trinajstić information content (AvgIpc) is 2.55. The van der Waals surface area contributed by atoms with Gasteiger partial charge in [0.1, 0.15) is 6.29 Å². The zero-order valence-electron chi connectivity index (χ0n) is 11.9. The zero-order chi connectivity index (χ0) is 14.9. The monoisotopic (exact) mass is 281 g/mol. The fourth-order valence-electron chi connectivity index (χ4n) is 2.16. The van der Waals surface area contributed by atoms with Crippen LogP contribution in [0.15, 0.2) is 54.6 Å². The van der Waals surface area contributed by atoms with Crippen LogP contribution < -0.4 is 5.32 Å². The molecule has 1 amide bonds. The maximum absolute atomic E-state index is 11.9. The van der Waals surface area contributed by atoms with E-state index in [1.807, 2.05) is 18.2 Å². The van der Waals surface area contributed by atoms with Crippen molar-refractivity contribution in [2.75, 3.05) is 6.54 Å². The first kappa shape index (κ1) is 15.0. The van der Waals surface area contributed by atoms with E-state index in [2.05, 4.69) is 17.4 Å². The number of carbonyl (C=O) groups excluding carboxylic acids is 2. The van der Waals surface area contributed by atoms with E-state index < -0.39 is 0 Å². The van der Waals surface area contributed by atoms with E-state index in [1.165, 1.54) is 5.56 Å². The number of benzene rings is 2. The third kappa shape index (κ3) is 4.88. The van der Waals surface area contributed by atoms with E-state index in [0.29, 0.717) is 17.7 Å². The van der Waals surface area contributed by atoms with Crippen molar-refractivity contribution in [1.29, 1.82) is 0 Å². The molecular formula is C18H19NO2. The minimum atomic E-state index is -0.126. The highest BCUT2D eigenvalue weighted by Gasteiger charge is 2.05. The summed E-state index contributed by atoms with van der Waals surface area (Å²) in [6.45, 7) is 0.650. The minimum Gasteiger partial charge on any atom is -0.352 e. The first-order valence-electron chi connectivity index (χ1n) is 7.17. The lowest BCUT2D eigenvalue weighted by Gasteiger charge is -2.06. The van der Waals surface area contributed by atoms with Crippen LogP contribution in [0, 0.1) is 0 Å². The Morgan fingerprint density at radius 3 is 2.57 bits per heavy atom. The van der Waals surface area contributed by atoms with E-state index in [0.717, 1.165) is 25.5 Å². The molecule has 2 aromatic carbocycles. The second-order valence-corrected chi connectivity index (χ2v) is 4.94. The Hall–Kier alpha value is -2.42. The van der Waals surface area contributed by atoms with Crippen molar-refractivity contribution < 1.29 is 9.59 Å². The molecule has 21 heavy (non-hydrogen) atoms. The standard InChI is InChI=1S/C18H19NO2/c20-14-16-10-6-11-17(13-16)18(21)19-12-5-4-9-15-7-2-1-3-8-15/h1-3,6-8,10-11,13-14H,4-5,9,12H2,(H,19,21). The van der Waals surface area contributed by atoms with Crippen molar-refractivity contribution in [2.24, 2.45) is 0 Å². The van der Waals surface area contributed by atoms with Crippen LogP contribution in [0.2, 0.25) is 0 Å². The second-order valence-electron chi connectivity index (χ2n) is 4.94. The van der Waals surface area contributed by atoms with Crippen LogP contribution in [0.3, 0.4) is 0 Å². The van der Waals surface area contributed by atoms with Gasteiger partial charge in [-0.3, -0.25) is 9.59 Å². The molecule has 0 radical (unpaired) electrons. The van der Waals surface area contributed by atoms with Crippen LogP contribution in [0.1, 0.15) is 39.1 Å². The van der Waals surface area contributed by atoms with E-state index in [4.69, 9.17) is 0 Å². The predicted octanol–water partition coefficient (Wildman–Crippen LogP) is 3.25. The van der Waals surface area contributed by atoms with Gasteiger partial charge in [0.05, 0.1) is 0 Å². The maximum Gasteiger partial charge on any atom is 0.251 e. The molecular weight excluding hydrogens is 262 g/mol. The number of hydrogen-bond acceptors (Lipinski definition) is 2. The average molecular weight is 281 g/mol. The number of nitrogens with one attached hydrogen (secondary N) is 1. The van der Waals surface area contributed by atoms with Gasteiger partial charge in [-0.2, -0.15) is 0 Å². The summed E-state index contributed by atoms with van der Waals surface area (Å²) >= 11 is 0. The zero-order valence-corrected chi connectivity index (χ0v) is 11.9. The normalized spacial score (nSPS) is 10.1. The number of aryl methyl sites for hydroxylation is 1. The Kier molecular flexibility index (Phi) is 5.71. The molecule has 0 heterocycles. The van der Waals surface area contributed by atoms with Gasteiger partial charge in [0.15, 0.2) is 0 Å². The van der Waals surface area contributed by atoms with Crippen LogP contribution in [-0.4, -0.2) is 18.7 Å². The smallest absolute Gasteiger partial charge is 0.251 e.